The van der Waals surface area contributed by atoms with Crippen LogP contribution in [-0.2, 0) is 9.59 Å². The third kappa shape index (κ3) is 1.10. The summed E-state index contributed by atoms with van der Waals surface area (Å²) < 4.78 is 0. The fourth-order valence-electron chi connectivity index (χ4n) is 0.943. The summed E-state index contributed by atoms with van der Waals surface area (Å²) in [5.41, 5.74) is 0. The minimum Gasteiger partial charge on any atom is -0.481 e. The van der Waals surface area contributed by atoms with E-state index in [9.17, 15) is 9.59 Å². The van der Waals surface area contributed by atoms with Gasteiger partial charge in [-0.2, -0.15) is 0 Å². The minimum absolute atomic E-state index is 0.160. The molecule has 0 saturated heterocycles. The third-order valence-electron chi connectivity index (χ3n) is 1.69. The first kappa shape index (κ1) is 7.05. The van der Waals surface area contributed by atoms with E-state index in [4.69, 9.17) is 5.11 Å². The molecule has 10 heavy (non-hydrogen) atoms. The van der Waals surface area contributed by atoms with Crippen LogP contribution in [0.4, 0.5) is 0 Å². The normalized spacial score (nSPS) is 29.3. The molecule has 0 aromatic heterocycles. The van der Waals surface area contributed by atoms with E-state index in [0.29, 0.717) is 6.42 Å². The van der Waals surface area contributed by atoms with Crippen molar-refractivity contribution in [3.05, 3.63) is 0 Å². The summed E-state index contributed by atoms with van der Waals surface area (Å²) in [5.74, 6) is -1.73. The van der Waals surface area contributed by atoms with Crippen molar-refractivity contribution < 1.29 is 14.7 Å². The van der Waals surface area contributed by atoms with Crippen LogP contribution < -0.4 is 5.32 Å². The van der Waals surface area contributed by atoms with Crippen LogP contribution in [0.1, 0.15) is 6.42 Å². The molecule has 0 aliphatic heterocycles. The van der Waals surface area contributed by atoms with Crippen LogP contribution in [0.3, 0.4) is 0 Å². The summed E-state index contributed by atoms with van der Waals surface area (Å²) >= 11 is 0. The maximum atomic E-state index is 10.7. The number of nitrogens with one attached hydrogen (secondary N) is 1. The lowest BCUT2D eigenvalue weighted by Gasteiger charge is -1.93. The fourth-order valence-corrected chi connectivity index (χ4v) is 0.943. The zero-order valence-corrected chi connectivity index (χ0v) is 5.63. The van der Waals surface area contributed by atoms with Crippen molar-refractivity contribution in [1.82, 2.24) is 5.32 Å². The van der Waals surface area contributed by atoms with Crippen molar-refractivity contribution in [3.8, 4) is 0 Å². The molecule has 1 amide bonds. The Morgan fingerprint density at radius 2 is 2.10 bits per heavy atom. The molecule has 1 saturated carbocycles. The number of rotatable bonds is 2. The van der Waals surface area contributed by atoms with Gasteiger partial charge in [0.2, 0.25) is 5.91 Å². The number of amides is 1. The van der Waals surface area contributed by atoms with Crippen molar-refractivity contribution in [2.24, 2.45) is 11.8 Å². The molecule has 0 aromatic carbocycles. The van der Waals surface area contributed by atoms with Gasteiger partial charge in [0, 0.05) is 7.05 Å². The van der Waals surface area contributed by atoms with Gasteiger partial charge in [0.15, 0.2) is 0 Å². The van der Waals surface area contributed by atoms with Gasteiger partial charge >= 0.3 is 5.97 Å². The van der Waals surface area contributed by atoms with Crippen molar-refractivity contribution in [2.75, 3.05) is 7.05 Å². The van der Waals surface area contributed by atoms with Crippen LogP contribution in [0.2, 0.25) is 0 Å². The van der Waals surface area contributed by atoms with Crippen LogP contribution in [-0.4, -0.2) is 24.0 Å². The Morgan fingerprint density at radius 3 is 2.40 bits per heavy atom. The second-order valence-electron chi connectivity index (χ2n) is 2.40. The number of aliphatic carboxylic acids is 1. The van der Waals surface area contributed by atoms with E-state index in [1.165, 1.54) is 7.05 Å². The van der Waals surface area contributed by atoms with E-state index >= 15 is 0 Å². The first-order valence-corrected chi connectivity index (χ1v) is 3.11. The predicted octanol–water partition coefficient (Wildman–Crippen LogP) is -0.547. The molecule has 0 unspecified atom stereocenters. The van der Waals surface area contributed by atoms with Gasteiger partial charge in [-0.1, -0.05) is 0 Å². The Balaban J connectivity index is 2.38. The molecule has 1 fully saturated rings. The summed E-state index contributed by atoms with van der Waals surface area (Å²) in [4.78, 5) is 20.9. The quantitative estimate of drug-likeness (QED) is 0.545. The average molecular weight is 143 g/mol. The molecule has 4 heteroatoms. The Morgan fingerprint density at radius 1 is 1.50 bits per heavy atom. The van der Waals surface area contributed by atoms with Crippen LogP contribution in [0.15, 0.2) is 0 Å². The second-order valence-corrected chi connectivity index (χ2v) is 2.40. The first-order valence-electron chi connectivity index (χ1n) is 3.11. The Labute approximate surface area is 58.2 Å². The largest absolute Gasteiger partial charge is 0.481 e. The molecule has 4 nitrogen and oxygen atoms in total. The van der Waals surface area contributed by atoms with Gasteiger partial charge in [-0.3, -0.25) is 9.59 Å². The van der Waals surface area contributed by atoms with Crippen LogP contribution in [0.25, 0.3) is 0 Å². The van der Waals surface area contributed by atoms with E-state index in [1.807, 2.05) is 0 Å². The lowest BCUT2D eigenvalue weighted by atomic mass is 10.3. The van der Waals surface area contributed by atoms with Gasteiger partial charge in [-0.25, -0.2) is 0 Å². The van der Waals surface area contributed by atoms with Crippen LogP contribution in [0, 0.1) is 11.8 Å². The number of carbonyl (C=O) groups is 2. The molecule has 2 atom stereocenters. The molecule has 1 aliphatic carbocycles. The lowest BCUT2D eigenvalue weighted by Crippen LogP contribution is -2.21. The fraction of sp³-hybridized carbons (Fsp3) is 0.667. The number of carboxylic acids is 1. The van der Waals surface area contributed by atoms with Gasteiger partial charge in [-0.05, 0) is 6.42 Å². The zero-order valence-electron chi connectivity index (χ0n) is 5.63. The van der Waals surface area contributed by atoms with E-state index in [-0.39, 0.29) is 11.8 Å². The monoisotopic (exact) mass is 143 g/mol. The molecule has 0 bridgehead atoms. The summed E-state index contributed by atoms with van der Waals surface area (Å²) in [7, 11) is 1.51. The van der Waals surface area contributed by atoms with Gasteiger partial charge in [0.25, 0.3) is 0 Å². The summed E-state index contributed by atoms with van der Waals surface area (Å²) in [6, 6.07) is 0. The zero-order chi connectivity index (χ0) is 7.72. The molecule has 0 spiro atoms. The Hall–Kier alpha value is -1.06. The SMILES string of the molecule is CNC(=O)[C@H]1C[C@H]1C(=O)O. The number of carbonyl (C=O) groups excluding carboxylic acids is 1. The van der Waals surface area contributed by atoms with Crippen molar-refractivity contribution in [3.63, 3.8) is 0 Å². The topological polar surface area (TPSA) is 66.4 Å². The molecular formula is C6H9NO3. The predicted molar refractivity (Wildman–Crippen MR) is 33.3 cm³/mol. The summed E-state index contributed by atoms with van der Waals surface area (Å²) in [6.45, 7) is 0. The maximum absolute atomic E-state index is 10.7. The van der Waals surface area contributed by atoms with E-state index in [1.54, 1.807) is 0 Å². The molecule has 0 radical (unpaired) electrons. The molecule has 2 N–H and O–H groups in total. The highest BCUT2D eigenvalue weighted by Gasteiger charge is 2.47. The molecule has 0 aromatic rings. The highest BCUT2D eigenvalue weighted by Crippen LogP contribution is 2.38. The number of hydrogen-bond donors (Lipinski definition) is 2. The van der Waals surface area contributed by atoms with Crippen LogP contribution >= 0.6 is 0 Å². The maximum Gasteiger partial charge on any atom is 0.307 e. The number of hydrogen-bond acceptors (Lipinski definition) is 2. The molecule has 0 heterocycles. The Bertz CT molecular complexity index is 178. The summed E-state index contributed by atoms with van der Waals surface area (Å²) in [6.07, 6.45) is 0.495. The van der Waals surface area contributed by atoms with E-state index in [2.05, 4.69) is 5.32 Å². The highest BCUT2D eigenvalue weighted by atomic mass is 16.4. The first-order chi connectivity index (χ1) is 4.66. The van der Waals surface area contributed by atoms with Crippen molar-refractivity contribution in [2.45, 2.75) is 6.42 Å². The highest BCUT2D eigenvalue weighted by molar-refractivity contribution is 5.89. The standard InChI is InChI=1S/C6H9NO3/c1-7-5(8)3-2-4(3)6(9)10/h3-4H,2H2,1H3,(H,7,8)(H,9,10)/t3-,4+/m0/s1. The van der Waals surface area contributed by atoms with Gasteiger partial charge in [0.05, 0.1) is 11.8 Å². The van der Waals surface area contributed by atoms with Crippen molar-refractivity contribution >= 4 is 11.9 Å². The Kier molecular flexibility index (Phi) is 1.61. The van der Waals surface area contributed by atoms with Crippen LogP contribution in [0.5, 0.6) is 0 Å². The van der Waals surface area contributed by atoms with Gasteiger partial charge in [-0.15, -0.1) is 0 Å². The smallest absolute Gasteiger partial charge is 0.307 e. The second kappa shape index (κ2) is 2.28. The lowest BCUT2D eigenvalue weighted by molar-refractivity contribution is -0.140. The van der Waals surface area contributed by atoms with Gasteiger partial charge in [0.1, 0.15) is 0 Å². The minimum atomic E-state index is -0.867. The average Bonchev–Trinajstić information content (AvgIpc) is 2.64. The third-order valence-corrected chi connectivity index (χ3v) is 1.69. The number of carboxylic acid groups (broad SMARTS) is 1. The molecule has 1 rings (SSSR count). The molecule has 56 valence electrons. The van der Waals surface area contributed by atoms with E-state index < -0.39 is 11.9 Å². The van der Waals surface area contributed by atoms with Crippen molar-refractivity contribution in [1.29, 1.82) is 0 Å². The van der Waals surface area contributed by atoms with E-state index in [0.717, 1.165) is 0 Å². The molecular weight excluding hydrogens is 134 g/mol. The summed E-state index contributed by atoms with van der Waals surface area (Å²) in [5, 5.41) is 10.8. The van der Waals surface area contributed by atoms with Gasteiger partial charge < -0.3 is 10.4 Å². The molecule has 1 aliphatic rings.